The molecular weight excluding hydrogens is 252 g/mol. The fourth-order valence-electron chi connectivity index (χ4n) is 2.24. The third-order valence-electron chi connectivity index (χ3n) is 3.28. The number of aliphatic hydroxyl groups is 1. The van der Waals surface area contributed by atoms with Gasteiger partial charge in [-0.25, -0.2) is 0 Å². The van der Waals surface area contributed by atoms with E-state index < -0.39 is 0 Å². The van der Waals surface area contributed by atoms with E-state index >= 15 is 0 Å². The fraction of sp³-hybridized carbons (Fsp3) is 0.294. The molecule has 2 rings (SSSR count). The Kier molecular flexibility index (Phi) is 5.49. The van der Waals surface area contributed by atoms with Crippen LogP contribution in [0.1, 0.15) is 30.1 Å². The number of thioether (sulfide) groups is 1. The summed E-state index contributed by atoms with van der Waals surface area (Å²) in [4.78, 5) is 1.18. The normalized spacial score (nSPS) is 12.3. The predicted octanol–water partition coefficient (Wildman–Crippen LogP) is 4.46. The summed E-state index contributed by atoms with van der Waals surface area (Å²) < 4.78 is 0. The topological polar surface area (TPSA) is 20.2 Å². The third kappa shape index (κ3) is 4.12. The van der Waals surface area contributed by atoms with Crippen LogP contribution < -0.4 is 0 Å². The highest BCUT2D eigenvalue weighted by atomic mass is 32.2. The van der Waals surface area contributed by atoms with E-state index in [2.05, 4.69) is 36.6 Å². The lowest BCUT2D eigenvalue weighted by atomic mass is 10.0. The quantitative estimate of drug-likeness (QED) is 0.783. The van der Waals surface area contributed by atoms with Crippen LogP contribution in [-0.4, -0.2) is 11.4 Å². The van der Waals surface area contributed by atoms with Crippen molar-refractivity contribution in [3.63, 3.8) is 0 Å². The van der Waals surface area contributed by atoms with Crippen LogP contribution in [0.3, 0.4) is 0 Å². The zero-order chi connectivity index (χ0) is 13.5. The van der Waals surface area contributed by atoms with Crippen LogP contribution in [0, 0.1) is 0 Å². The van der Waals surface area contributed by atoms with Gasteiger partial charge in [-0.3, -0.25) is 0 Å². The summed E-state index contributed by atoms with van der Waals surface area (Å²) >= 11 is 1.69. The standard InChI is InChI=1S/C17H20OS/c1-19-17-13-6-5-11-15(17)16(18)12-7-10-14-8-3-2-4-9-14/h2-6,8-9,11,13,16,18H,7,10,12H2,1H3. The molecule has 0 aliphatic heterocycles. The lowest BCUT2D eigenvalue weighted by Crippen LogP contribution is -2.00. The molecule has 0 saturated carbocycles. The van der Waals surface area contributed by atoms with Gasteiger partial charge in [0, 0.05) is 4.90 Å². The van der Waals surface area contributed by atoms with Gasteiger partial charge >= 0.3 is 0 Å². The minimum Gasteiger partial charge on any atom is -0.388 e. The van der Waals surface area contributed by atoms with E-state index in [1.807, 2.05) is 24.3 Å². The number of hydrogen-bond donors (Lipinski definition) is 1. The SMILES string of the molecule is CSc1ccccc1C(O)CCCc1ccccc1. The van der Waals surface area contributed by atoms with Crippen molar-refractivity contribution in [2.75, 3.05) is 6.26 Å². The summed E-state index contributed by atoms with van der Waals surface area (Å²) in [5.41, 5.74) is 2.40. The van der Waals surface area contributed by atoms with Crippen LogP contribution in [0.4, 0.5) is 0 Å². The van der Waals surface area contributed by atoms with Gasteiger partial charge in [0.15, 0.2) is 0 Å². The van der Waals surface area contributed by atoms with E-state index in [1.165, 1.54) is 10.5 Å². The molecule has 0 heterocycles. The van der Waals surface area contributed by atoms with Crippen LogP contribution >= 0.6 is 11.8 Å². The second-order valence-corrected chi connectivity index (χ2v) is 5.48. The summed E-state index contributed by atoms with van der Waals surface area (Å²) in [6, 6.07) is 18.6. The zero-order valence-electron chi connectivity index (χ0n) is 11.3. The Bertz CT molecular complexity index is 496. The summed E-state index contributed by atoms with van der Waals surface area (Å²) in [6.07, 6.45) is 4.54. The van der Waals surface area contributed by atoms with Crippen molar-refractivity contribution >= 4 is 11.8 Å². The maximum Gasteiger partial charge on any atom is 0.0801 e. The summed E-state index contributed by atoms with van der Waals surface area (Å²) in [6.45, 7) is 0. The Balaban J connectivity index is 1.89. The Morgan fingerprint density at radius 1 is 1.00 bits per heavy atom. The van der Waals surface area contributed by atoms with Gasteiger partial charge in [0.1, 0.15) is 0 Å². The van der Waals surface area contributed by atoms with E-state index in [0.717, 1.165) is 24.8 Å². The average Bonchev–Trinajstić information content (AvgIpc) is 2.48. The Morgan fingerprint density at radius 3 is 2.42 bits per heavy atom. The lowest BCUT2D eigenvalue weighted by Gasteiger charge is -2.14. The van der Waals surface area contributed by atoms with E-state index in [0.29, 0.717) is 0 Å². The summed E-state index contributed by atoms with van der Waals surface area (Å²) in [5.74, 6) is 0. The molecule has 2 heteroatoms. The largest absolute Gasteiger partial charge is 0.388 e. The molecule has 1 unspecified atom stereocenters. The molecular formula is C17H20OS. The molecule has 2 aromatic carbocycles. The van der Waals surface area contributed by atoms with Crippen molar-refractivity contribution in [2.24, 2.45) is 0 Å². The predicted molar refractivity (Wildman–Crippen MR) is 82.6 cm³/mol. The van der Waals surface area contributed by atoms with Crippen LogP contribution in [0.2, 0.25) is 0 Å². The second-order valence-electron chi connectivity index (χ2n) is 4.64. The van der Waals surface area contributed by atoms with Gasteiger partial charge in [-0.15, -0.1) is 11.8 Å². The molecule has 0 spiro atoms. The first-order valence-corrected chi connectivity index (χ1v) is 7.88. The maximum atomic E-state index is 10.3. The molecule has 0 aliphatic carbocycles. The first kappa shape index (κ1) is 14.2. The second kappa shape index (κ2) is 7.37. The third-order valence-corrected chi connectivity index (χ3v) is 4.10. The molecule has 2 aromatic rings. The molecule has 0 aliphatic rings. The Hall–Kier alpha value is -1.25. The maximum absolute atomic E-state index is 10.3. The van der Waals surface area contributed by atoms with Gasteiger partial charge in [-0.05, 0) is 42.7 Å². The zero-order valence-corrected chi connectivity index (χ0v) is 12.1. The van der Waals surface area contributed by atoms with Crippen LogP contribution in [0.15, 0.2) is 59.5 Å². The molecule has 100 valence electrons. The Morgan fingerprint density at radius 2 is 1.68 bits per heavy atom. The molecule has 0 aromatic heterocycles. The van der Waals surface area contributed by atoms with Gasteiger partial charge in [0.05, 0.1) is 6.10 Å². The first-order chi connectivity index (χ1) is 9.31. The van der Waals surface area contributed by atoms with Gasteiger partial charge in [-0.1, -0.05) is 48.5 Å². The van der Waals surface area contributed by atoms with E-state index in [1.54, 1.807) is 11.8 Å². The number of aliphatic hydroxyl groups excluding tert-OH is 1. The van der Waals surface area contributed by atoms with E-state index in [-0.39, 0.29) is 6.10 Å². The van der Waals surface area contributed by atoms with E-state index in [4.69, 9.17) is 0 Å². The van der Waals surface area contributed by atoms with Crippen LogP contribution in [-0.2, 0) is 6.42 Å². The molecule has 0 fully saturated rings. The van der Waals surface area contributed by atoms with Crippen LogP contribution in [0.5, 0.6) is 0 Å². The fourth-order valence-corrected chi connectivity index (χ4v) is 2.90. The van der Waals surface area contributed by atoms with Gasteiger partial charge in [0.25, 0.3) is 0 Å². The first-order valence-electron chi connectivity index (χ1n) is 6.66. The highest BCUT2D eigenvalue weighted by Gasteiger charge is 2.11. The van der Waals surface area contributed by atoms with Crippen molar-refractivity contribution in [1.82, 2.24) is 0 Å². The van der Waals surface area contributed by atoms with Crippen molar-refractivity contribution in [2.45, 2.75) is 30.3 Å². The minimum atomic E-state index is -0.354. The highest BCUT2D eigenvalue weighted by molar-refractivity contribution is 7.98. The molecule has 1 atom stereocenters. The molecule has 0 radical (unpaired) electrons. The van der Waals surface area contributed by atoms with Crippen molar-refractivity contribution in [1.29, 1.82) is 0 Å². The highest BCUT2D eigenvalue weighted by Crippen LogP contribution is 2.28. The Labute approximate surface area is 119 Å². The molecule has 1 nitrogen and oxygen atoms in total. The van der Waals surface area contributed by atoms with Crippen molar-refractivity contribution < 1.29 is 5.11 Å². The molecule has 0 saturated heterocycles. The average molecular weight is 272 g/mol. The number of hydrogen-bond acceptors (Lipinski definition) is 2. The van der Waals surface area contributed by atoms with Crippen molar-refractivity contribution in [3.05, 3.63) is 65.7 Å². The smallest absolute Gasteiger partial charge is 0.0801 e. The van der Waals surface area contributed by atoms with Crippen LogP contribution in [0.25, 0.3) is 0 Å². The summed E-state index contributed by atoms with van der Waals surface area (Å²) in [7, 11) is 0. The molecule has 1 N–H and O–H groups in total. The molecule has 0 amide bonds. The number of aryl methyl sites for hydroxylation is 1. The molecule has 19 heavy (non-hydrogen) atoms. The van der Waals surface area contributed by atoms with Crippen molar-refractivity contribution in [3.8, 4) is 0 Å². The number of benzene rings is 2. The monoisotopic (exact) mass is 272 g/mol. The minimum absolute atomic E-state index is 0.354. The lowest BCUT2D eigenvalue weighted by molar-refractivity contribution is 0.162. The van der Waals surface area contributed by atoms with Gasteiger partial charge in [-0.2, -0.15) is 0 Å². The summed E-state index contributed by atoms with van der Waals surface area (Å²) in [5, 5.41) is 10.3. The molecule has 0 bridgehead atoms. The van der Waals surface area contributed by atoms with E-state index in [9.17, 15) is 5.11 Å². The number of rotatable bonds is 6. The van der Waals surface area contributed by atoms with Gasteiger partial charge < -0.3 is 5.11 Å². The van der Waals surface area contributed by atoms with Gasteiger partial charge in [0.2, 0.25) is 0 Å².